The van der Waals surface area contributed by atoms with Crippen LogP contribution in [0, 0.1) is 5.92 Å². The molecule has 0 bridgehead atoms. The van der Waals surface area contributed by atoms with Gasteiger partial charge < -0.3 is 10.4 Å². The third kappa shape index (κ3) is 6.83. The van der Waals surface area contributed by atoms with E-state index in [1.165, 1.54) is 17.8 Å². The van der Waals surface area contributed by atoms with Gasteiger partial charge in [0, 0.05) is 12.1 Å². The minimum atomic E-state index is -3.80. The molecule has 7 nitrogen and oxygen atoms in total. The Kier molecular flexibility index (Phi) is 8.27. The number of aliphatic hydroxyl groups is 1. The fraction of sp³-hybridized carbons (Fsp3) is 0.652. The molecule has 0 spiro atoms. The quantitative estimate of drug-likeness (QED) is 0.427. The van der Waals surface area contributed by atoms with Crippen LogP contribution in [0.2, 0.25) is 0 Å². The second-order valence-corrected chi connectivity index (χ2v) is 14.1. The smallest absolute Gasteiger partial charge is 0.280 e. The largest absolute Gasteiger partial charge is 0.389 e. The second-order valence-electron chi connectivity index (χ2n) is 10.7. The van der Waals surface area contributed by atoms with Crippen LogP contribution in [0.25, 0.3) is 5.57 Å². The Morgan fingerprint density at radius 3 is 2.32 bits per heavy atom. The molecule has 1 aromatic heterocycles. The van der Waals surface area contributed by atoms with E-state index >= 15 is 0 Å². The summed E-state index contributed by atoms with van der Waals surface area (Å²) in [6.45, 7) is 8.61. The first-order chi connectivity index (χ1) is 15.6. The first-order valence-corrected chi connectivity index (χ1v) is 14.5. The summed E-state index contributed by atoms with van der Waals surface area (Å²) in [4.78, 5) is 18.2. The molecule has 11 heteroatoms. The van der Waals surface area contributed by atoms with Gasteiger partial charge in [-0.2, -0.15) is 0 Å². The Morgan fingerprint density at radius 2 is 1.79 bits per heavy atom. The number of allylic oxidation sites excluding steroid dienone is 4. The molecule has 3 rings (SSSR count). The zero-order valence-corrected chi connectivity index (χ0v) is 23.4. The maximum absolute atomic E-state index is 12.9. The minimum absolute atomic E-state index is 0.00990. The predicted molar refractivity (Wildman–Crippen MR) is 138 cm³/mol. The van der Waals surface area contributed by atoms with Crippen LogP contribution in [0.15, 0.2) is 15.0 Å². The van der Waals surface area contributed by atoms with E-state index in [-0.39, 0.29) is 33.8 Å². The fourth-order valence-electron chi connectivity index (χ4n) is 3.81. The molecule has 0 radical (unpaired) electrons. The van der Waals surface area contributed by atoms with Crippen molar-refractivity contribution < 1.29 is 18.3 Å². The monoisotopic (exact) mass is 549 g/mol. The van der Waals surface area contributed by atoms with Crippen molar-refractivity contribution in [3.8, 4) is 0 Å². The average molecular weight is 551 g/mol. The number of amides is 1. The van der Waals surface area contributed by atoms with Gasteiger partial charge in [0.25, 0.3) is 5.91 Å². The third-order valence-electron chi connectivity index (χ3n) is 5.62. The summed E-state index contributed by atoms with van der Waals surface area (Å²) in [6.07, 6.45) is 4.73. The van der Waals surface area contributed by atoms with Crippen molar-refractivity contribution in [2.45, 2.75) is 84.3 Å². The normalized spacial score (nSPS) is 18.4. The van der Waals surface area contributed by atoms with E-state index < -0.39 is 21.2 Å². The molecule has 0 aliphatic heterocycles. The Hall–Kier alpha value is -0.970. The lowest BCUT2D eigenvalue weighted by Crippen LogP contribution is -2.41. The molecular formula is C23H33Cl2N3O4S2. The predicted octanol–water partition coefficient (Wildman–Crippen LogP) is 4.90. The first-order valence-electron chi connectivity index (χ1n) is 11.4. The third-order valence-corrected chi connectivity index (χ3v) is 9.76. The van der Waals surface area contributed by atoms with Gasteiger partial charge in [-0.25, -0.2) is 18.1 Å². The lowest BCUT2D eigenvalue weighted by molar-refractivity contribution is 0.0694. The van der Waals surface area contributed by atoms with Crippen LogP contribution in [-0.2, 0) is 16.4 Å². The standard InChI is InChI=1S/C23H33Cl2N3O4S2/c1-22(2,3)28-34(31,32)16-10-9-14(17(24)18(16)25)19-15(11-13-7-6-8-13)27-21(33-19)20(29)26-12-23(4,5)30/h13,28,30H,6-12H2,1-5H3,(H,26,29). The fourth-order valence-corrected chi connectivity index (χ4v) is 7.46. The maximum Gasteiger partial charge on any atom is 0.280 e. The second kappa shape index (κ2) is 10.2. The van der Waals surface area contributed by atoms with Crippen LogP contribution in [-0.4, -0.2) is 42.1 Å². The van der Waals surface area contributed by atoms with Crippen molar-refractivity contribution in [1.29, 1.82) is 0 Å². The van der Waals surface area contributed by atoms with Crippen LogP contribution >= 0.6 is 34.5 Å². The van der Waals surface area contributed by atoms with Gasteiger partial charge in [-0.05, 0) is 65.4 Å². The highest BCUT2D eigenvalue weighted by molar-refractivity contribution is 7.93. The highest BCUT2D eigenvalue weighted by atomic mass is 35.5. The Morgan fingerprint density at radius 1 is 1.15 bits per heavy atom. The van der Waals surface area contributed by atoms with Crippen LogP contribution < -0.4 is 10.0 Å². The van der Waals surface area contributed by atoms with E-state index in [1.54, 1.807) is 34.6 Å². The van der Waals surface area contributed by atoms with Gasteiger partial charge in [0.05, 0.1) is 31.1 Å². The number of carbonyl (C=O) groups is 1. The molecule has 2 aliphatic carbocycles. The topological polar surface area (TPSA) is 108 Å². The Balaban J connectivity index is 1.98. The highest BCUT2D eigenvalue weighted by Gasteiger charge is 2.33. The van der Waals surface area contributed by atoms with Gasteiger partial charge in [-0.15, -0.1) is 11.3 Å². The molecular weight excluding hydrogens is 517 g/mol. The summed E-state index contributed by atoms with van der Waals surface area (Å²) in [5, 5.41) is 13.1. The number of nitrogens with one attached hydrogen (secondary N) is 2. The summed E-state index contributed by atoms with van der Waals surface area (Å²) in [7, 11) is -3.80. The number of halogens is 2. The van der Waals surface area contributed by atoms with Crippen molar-refractivity contribution in [3.63, 3.8) is 0 Å². The van der Waals surface area contributed by atoms with E-state index in [9.17, 15) is 18.3 Å². The van der Waals surface area contributed by atoms with Crippen molar-refractivity contribution in [1.82, 2.24) is 15.0 Å². The van der Waals surface area contributed by atoms with Crippen molar-refractivity contribution in [2.24, 2.45) is 5.92 Å². The van der Waals surface area contributed by atoms with Crippen LogP contribution in [0.4, 0.5) is 0 Å². The average Bonchev–Trinajstić information content (AvgIpc) is 3.06. The number of carbonyl (C=O) groups excluding carboxylic acids is 1. The lowest BCUT2D eigenvalue weighted by Gasteiger charge is -2.26. The number of nitrogens with zero attached hydrogens (tertiary/aromatic N) is 1. The molecule has 0 saturated heterocycles. The Labute approximate surface area is 216 Å². The number of sulfonamides is 1. The number of hydrogen-bond donors (Lipinski definition) is 3. The van der Waals surface area contributed by atoms with Gasteiger partial charge in [0.2, 0.25) is 10.0 Å². The summed E-state index contributed by atoms with van der Waals surface area (Å²) in [5.74, 6) is 0.147. The van der Waals surface area contributed by atoms with Crippen LogP contribution in [0.5, 0.6) is 0 Å². The van der Waals surface area contributed by atoms with E-state index in [4.69, 9.17) is 23.2 Å². The van der Waals surface area contributed by atoms with E-state index in [2.05, 4.69) is 15.0 Å². The number of aromatic nitrogens is 1. The zero-order chi connectivity index (χ0) is 25.5. The van der Waals surface area contributed by atoms with Gasteiger partial charge >= 0.3 is 0 Å². The van der Waals surface area contributed by atoms with Crippen LogP contribution in [0.3, 0.4) is 0 Å². The molecule has 1 saturated carbocycles. The van der Waals surface area contributed by atoms with Crippen molar-refractivity contribution in [3.05, 3.63) is 30.5 Å². The molecule has 1 aromatic rings. The minimum Gasteiger partial charge on any atom is -0.389 e. The molecule has 0 atom stereocenters. The molecule has 1 amide bonds. The molecule has 1 fully saturated rings. The summed E-state index contributed by atoms with van der Waals surface area (Å²) >= 11 is 14.4. The van der Waals surface area contributed by atoms with E-state index in [0.29, 0.717) is 17.3 Å². The first kappa shape index (κ1) is 27.6. The Bertz CT molecular complexity index is 1120. The van der Waals surface area contributed by atoms with Crippen molar-refractivity contribution >= 4 is 56.0 Å². The van der Waals surface area contributed by atoms with E-state index in [1.807, 2.05) is 0 Å². The SMILES string of the molecule is CC(C)(O)CNC(=O)c1nc(CC2CCC2)c(C2=C(Cl)C(Cl)=C(S(=O)(=O)NC(C)(C)C)CC2)s1. The molecule has 0 aromatic carbocycles. The molecule has 1 heterocycles. The molecule has 2 aliphatic rings. The highest BCUT2D eigenvalue weighted by Crippen LogP contribution is 2.45. The zero-order valence-electron chi connectivity index (χ0n) is 20.2. The lowest BCUT2D eigenvalue weighted by atomic mass is 9.81. The van der Waals surface area contributed by atoms with Crippen molar-refractivity contribution in [2.75, 3.05) is 6.54 Å². The van der Waals surface area contributed by atoms with Gasteiger partial charge in [-0.1, -0.05) is 42.5 Å². The van der Waals surface area contributed by atoms with Gasteiger partial charge in [-0.3, -0.25) is 4.79 Å². The number of rotatable bonds is 8. The number of thiazole rings is 1. The van der Waals surface area contributed by atoms with Crippen LogP contribution in [0.1, 0.15) is 87.1 Å². The maximum atomic E-state index is 12.9. The summed E-state index contributed by atoms with van der Waals surface area (Å²) in [6, 6.07) is 0. The molecule has 190 valence electrons. The summed E-state index contributed by atoms with van der Waals surface area (Å²) in [5.41, 5.74) is -0.186. The molecule has 34 heavy (non-hydrogen) atoms. The van der Waals surface area contributed by atoms with Gasteiger partial charge in [0.1, 0.15) is 0 Å². The van der Waals surface area contributed by atoms with E-state index in [0.717, 1.165) is 35.4 Å². The number of hydrogen-bond acceptors (Lipinski definition) is 6. The van der Waals surface area contributed by atoms with Gasteiger partial charge in [0.15, 0.2) is 5.01 Å². The molecule has 0 unspecified atom stereocenters. The summed E-state index contributed by atoms with van der Waals surface area (Å²) < 4.78 is 28.4. The molecule has 3 N–H and O–H groups in total.